The van der Waals surface area contributed by atoms with Crippen molar-refractivity contribution in [1.29, 1.82) is 10.5 Å². The Morgan fingerprint density at radius 2 is 1.44 bits per heavy atom. The lowest BCUT2D eigenvalue weighted by atomic mass is 10.1. The number of rotatable bonds is 4. The number of esters is 1. The van der Waals surface area contributed by atoms with Crippen LogP contribution in [0.5, 0.6) is 0 Å². The Bertz CT molecular complexity index is 1260. The lowest BCUT2D eigenvalue weighted by Crippen LogP contribution is -2.29. The van der Waals surface area contributed by atoms with Gasteiger partial charge in [-0.1, -0.05) is 0 Å². The van der Waals surface area contributed by atoms with Gasteiger partial charge >= 0.3 is 5.97 Å². The van der Waals surface area contributed by atoms with E-state index in [-0.39, 0.29) is 18.7 Å². The normalized spacial score (nSPS) is 10.0. The molecule has 32 heavy (non-hydrogen) atoms. The summed E-state index contributed by atoms with van der Waals surface area (Å²) in [6, 6.07) is 14.1. The maximum atomic E-state index is 11.3. The van der Waals surface area contributed by atoms with Gasteiger partial charge in [0.05, 0.1) is 50.2 Å². The summed E-state index contributed by atoms with van der Waals surface area (Å²) in [6.07, 6.45) is 3.57. The van der Waals surface area contributed by atoms with Gasteiger partial charge < -0.3 is 13.6 Å². The van der Waals surface area contributed by atoms with E-state index in [1.807, 2.05) is 12.1 Å². The molecular weight excluding hydrogens is 412 g/mol. The number of nitrogens with one attached hydrogen (secondary N) is 1. The van der Waals surface area contributed by atoms with Crippen molar-refractivity contribution >= 4 is 33.8 Å². The molecule has 9 heteroatoms. The average Bonchev–Trinajstić information content (AvgIpc) is 3.42. The molecule has 9 nitrogen and oxygen atoms in total. The number of benzene rings is 2. The van der Waals surface area contributed by atoms with Gasteiger partial charge in [-0.25, -0.2) is 10.6 Å². The van der Waals surface area contributed by atoms with E-state index in [0.717, 1.165) is 21.9 Å². The first-order chi connectivity index (χ1) is 15.5. The summed E-state index contributed by atoms with van der Waals surface area (Å²) in [6.45, 7) is 0. The molecule has 0 fully saturated rings. The van der Waals surface area contributed by atoms with Crippen LogP contribution in [-0.4, -0.2) is 19.0 Å². The van der Waals surface area contributed by atoms with Crippen molar-refractivity contribution in [2.45, 2.75) is 12.8 Å². The van der Waals surface area contributed by atoms with Crippen molar-refractivity contribution in [3.8, 4) is 12.1 Å². The molecule has 0 aliphatic rings. The van der Waals surface area contributed by atoms with Crippen LogP contribution in [-0.2, 0) is 17.6 Å². The Hall–Kier alpha value is -4.60. The lowest BCUT2D eigenvalue weighted by molar-refractivity contribution is 0.0600. The van der Waals surface area contributed by atoms with Gasteiger partial charge in [-0.2, -0.15) is 10.5 Å². The van der Waals surface area contributed by atoms with E-state index in [1.54, 1.807) is 36.4 Å². The first kappa shape index (κ1) is 22.1. The zero-order valence-corrected chi connectivity index (χ0v) is 17.0. The van der Waals surface area contributed by atoms with Gasteiger partial charge in [-0.15, -0.1) is 0 Å². The molecular formula is C23H18N4O5. The molecule has 0 spiro atoms. The van der Waals surface area contributed by atoms with Crippen LogP contribution in [0.15, 0.2) is 57.8 Å². The zero-order chi connectivity index (χ0) is 23.1. The summed E-state index contributed by atoms with van der Waals surface area (Å²) in [5, 5.41) is 18.8. The van der Waals surface area contributed by atoms with Gasteiger partial charge in [0.2, 0.25) is 0 Å². The number of hydrogen-bond acceptors (Lipinski definition) is 8. The molecule has 0 aliphatic heterocycles. The molecule has 0 saturated heterocycles. The van der Waals surface area contributed by atoms with Crippen LogP contribution in [0, 0.1) is 22.7 Å². The Morgan fingerprint density at radius 3 is 1.91 bits per heavy atom. The second-order valence-electron chi connectivity index (χ2n) is 6.58. The molecule has 2 aromatic heterocycles. The van der Waals surface area contributed by atoms with Crippen LogP contribution < -0.4 is 11.3 Å². The highest BCUT2D eigenvalue weighted by molar-refractivity contribution is 5.98. The molecule has 0 saturated carbocycles. The van der Waals surface area contributed by atoms with Crippen LogP contribution in [0.1, 0.15) is 31.8 Å². The minimum absolute atomic E-state index is 0.251. The predicted octanol–water partition coefficient (Wildman–Crippen LogP) is 3.39. The number of nitriles is 2. The summed E-state index contributed by atoms with van der Waals surface area (Å²) in [4.78, 5) is 22.6. The molecule has 2 aromatic carbocycles. The maximum absolute atomic E-state index is 11.3. The second kappa shape index (κ2) is 9.94. The van der Waals surface area contributed by atoms with E-state index >= 15 is 0 Å². The van der Waals surface area contributed by atoms with Crippen LogP contribution in [0.25, 0.3) is 21.9 Å². The molecule has 0 bridgehead atoms. The molecule has 2 heterocycles. The lowest BCUT2D eigenvalue weighted by Gasteiger charge is -1.99. The average molecular weight is 430 g/mol. The van der Waals surface area contributed by atoms with Crippen molar-refractivity contribution in [2.24, 2.45) is 5.84 Å². The number of hydrogen-bond donors (Lipinski definition) is 2. The number of ether oxygens (including phenoxy) is 1. The number of nitrogens with zero attached hydrogens (tertiary/aromatic N) is 2. The largest absolute Gasteiger partial charge is 0.465 e. The number of nitrogen functional groups attached to an aromatic ring is 1. The van der Waals surface area contributed by atoms with Gasteiger partial charge in [0, 0.05) is 27.5 Å². The Morgan fingerprint density at radius 1 is 0.938 bits per heavy atom. The number of furan rings is 2. The topological polar surface area (TPSA) is 155 Å². The zero-order valence-electron chi connectivity index (χ0n) is 17.0. The molecule has 3 N–H and O–H groups in total. The third kappa shape index (κ3) is 4.59. The SMILES string of the molecule is COC(=O)c1ccc2occ(CC#N)c2c1.N#CCc1coc2ccc(C(=O)NN)cc12. The van der Waals surface area contributed by atoms with E-state index in [2.05, 4.69) is 10.2 Å². The van der Waals surface area contributed by atoms with Crippen LogP contribution in [0.4, 0.5) is 0 Å². The standard InChI is InChI=1S/C12H9NO3.C11H9N3O2/c1-15-12(14)8-2-3-11-10(6-8)9(4-5-13)7-16-11;12-4-3-8-6-16-10-2-1-7(5-9(8)10)11(15)14-13/h2-3,6-7H,4H2,1H3;1-2,5-6H,3,13H2,(H,14,15). The molecule has 0 radical (unpaired) electrons. The molecule has 1 amide bonds. The highest BCUT2D eigenvalue weighted by Crippen LogP contribution is 2.24. The molecule has 4 aromatic rings. The van der Waals surface area contributed by atoms with Gasteiger partial charge in [-0.3, -0.25) is 10.2 Å². The Labute approximate surface area is 182 Å². The van der Waals surface area contributed by atoms with E-state index < -0.39 is 5.97 Å². The van der Waals surface area contributed by atoms with Gasteiger partial charge in [0.1, 0.15) is 11.2 Å². The van der Waals surface area contributed by atoms with E-state index in [4.69, 9.17) is 25.2 Å². The molecule has 0 unspecified atom stereocenters. The Kier molecular flexibility index (Phi) is 6.86. The quantitative estimate of drug-likeness (QED) is 0.216. The van der Waals surface area contributed by atoms with Gasteiger partial charge in [0.25, 0.3) is 5.91 Å². The number of carbonyl (C=O) groups is 2. The number of carbonyl (C=O) groups excluding carboxylic acids is 2. The molecule has 4 rings (SSSR count). The van der Waals surface area contributed by atoms with Crippen LogP contribution >= 0.6 is 0 Å². The van der Waals surface area contributed by atoms with E-state index in [0.29, 0.717) is 22.3 Å². The van der Waals surface area contributed by atoms with Gasteiger partial charge in [-0.05, 0) is 36.4 Å². The van der Waals surface area contributed by atoms with E-state index in [1.165, 1.54) is 19.6 Å². The number of methoxy groups -OCH3 is 1. The smallest absolute Gasteiger partial charge is 0.337 e. The summed E-state index contributed by atoms with van der Waals surface area (Å²) < 4.78 is 15.1. The first-order valence-corrected chi connectivity index (χ1v) is 9.35. The second-order valence-corrected chi connectivity index (χ2v) is 6.58. The third-order valence-corrected chi connectivity index (χ3v) is 4.66. The third-order valence-electron chi connectivity index (χ3n) is 4.66. The fourth-order valence-corrected chi connectivity index (χ4v) is 3.08. The minimum Gasteiger partial charge on any atom is -0.465 e. The predicted molar refractivity (Wildman–Crippen MR) is 114 cm³/mol. The number of nitrogens with two attached hydrogens (primary N) is 1. The highest BCUT2D eigenvalue weighted by atomic mass is 16.5. The van der Waals surface area contributed by atoms with Crippen LogP contribution in [0.3, 0.4) is 0 Å². The molecule has 0 atom stereocenters. The summed E-state index contributed by atoms with van der Waals surface area (Å²) in [5.74, 6) is 4.28. The summed E-state index contributed by atoms with van der Waals surface area (Å²) in [7, 11) is 1.33. The number of amides is 1. The first-order valence-electron chi connectivity index (χ1n) is 9.35. The van der Waals surface area contributed by atoms with Crippen molar-refractivity contribution in [3.05, 3.63) is 71.2 Å². The van der Waals surface area contributed by atoms with Crippen molar-refractivity contribution in [1.82, 2.24) is 5.43 Å². The fraction of sp³-hybridized carbons (Fsp3) is 0.130. The Balaban J connectivity index is 0.000000181. The van der Waals surface area contributed by atoms with Gasteiger partial charge in [0.15, 0.2) is 0 Å². The maximum Gasteiger partial charge on any atom is 0.337 e. The fourth-order valence-electron chi connectivity index (χ4n) is 3.08. The number of fused-ring (bicyclic) bond motifs is 2. The van der Waals surface area contributed by atoms with Crippen molar-refractivity contribution in [3.63, 3.8) is 0 Å². The van der Waals surface area contributed by atoms with Crippen molar-refractivity contribution < 1.29 is 23.2 Å². The monoisotopic (exact) mass is 430 g/mol. The van der Waals surface area contributed by atoms with E-state index in [9.17, 15) is 9.59 Å². The summed E-state index contributed by atoms with van der Waals surface area (Å²) in [5.41, 5.74) is 5.81. The van der Waals surface area contributed by atoms with Crippen molar-refractivity contribution in [2.75, 3.05) is 7.11 Å². The molecule has 160 valence electrons. The molecule has 0 aliphatic carbocycles. The van der Waals surface area contributed by atoms with Crippen LogP contribution in [0.2, 0.25) is 0 Å². The summed E-state index contributed by atoms with van der Waals surface area (Å²) >= 11 is 0. The minimum atomic E-state index is -0.397. The highest BCUT2D eigenvalue weighted by Gasteiger charge is 2.11. The number of hydrazine groups is 1.